The number of aryl methyl sites for hydroxylation is 1. The summed E-state index contributed by atoms with van der Waals surface area (Å²) >= 11 is 6.05. The lowest BCUT2D eigenvalue weighted by molar-refractivity contribution is -0.116. The standard InChI is InChI=1S/C17H17ClN4O4/c1-20-15-11(16(24)21(2)17(20)25)6-7-22(15)9-14(23)19-10-4-5-13(26-3)12(18)8-10/h4-8H,9H2,1-3H3,(H,19,23). The molecule has 3 aromatic rings. The van der Waals surface area contributed by atoms with Crippen LogP contribution in [0, 0.1) is 0 Å². The van der Waals surface area contributed by atoms with Crippen molar-refractivity contribution in [2.45, 2.75) is 6.54 Å². The summed E-state index contributed by atoms with van der Waals surface area (Å²) in [5.41, 5.74) is 0.0528. The summed E-state index contributed by atoms with van der Waals surface area (Å²) in [5, 5.41) is 3.47. The molecule has 26 heavy (non-hydrogen) atoms. The Morgan fingerprint density at radius 2 is 1.92 bits per heavy atom. The molecule has 0 saturated carbocycles. The average molecular weight is 377 g/mol. The van der Waals surface area contributed by atoms with E-state index in [0.717, 1.165) is 4.57 Å². The van der Waals surface area contributed by atoms with Crippen molar-refractivity contribution in [3.63, 3.8) is 0 Å². The Morgan fingerprint density at radius 1 is 1.19 bits per heavy atom. The Morgan fingerprint density at radius 3 is 2.58 bits per heavy atom. The predicted octanol–water partition coefficient (Wildman–Crippen LogP) is 1.34. The Kier molecular flexibility index (Phi) is 4.60. The number of carbonyl (C=O) groups is 1. The van der Waals surface area contributed by atoms with Crippen LogP contribution in [0.3, 0.4) is 0 Å². The number of fused-ring (bicyclic) bond motifs is 1. The van der Waals surface area contributed by atoms with E-state index >= 15 is 0 Å². The number of ether oxygens (including phenoxy) is 1. The molecule has 0 aliphatic carbocycles. The first-order valence-electron chi connectivity index (χ1n) is 7.71. The zero-order valence-corrected chi connectivity index (χ0v) is 15.2. The Bertz CT molecular complexity index is 1130. The number of hydrogen-bond acceptors (Lipinski definition) is 4. The van der Waals surface area contributed by atoms with Gasteiger partial charge in [0.25, 0.3) is 5.56 Å². The number of hydrogen-bond donors (Lipinski definition) is 1. The molecule has 1 aromatic carbocycles. The molecule has 0 atom stereocenters. The molecule has 136 valence electrons. The van der Waals surface area contributed by atoms with Gasteiger partial charge in [-0.2, -0.15) is 0 Å². The quantitative estimate of drug-likeness (QED) is 0.744. The number of halogens is 1. The molecular formula is C17H17ClN4O4. The van der Waals surface area contributed by atoms with Gasteiger partial charge in [0.1, 0.15) is 17.9 Å². The fraction of sp³-hybridized carbons (Fsp3) is 0.235. The highest BCUT2D eigenvalue weighted by atomic mass is 35.5. The van der Waals surface area contributed by atoms with Gasteiger partial charge in [-0.15, -0.1) is 0 Å². The zero-order valence-electron chi connectivity index (χ0n) is 14.4. The van der Waals surface area contributed by atoms with Gasteiger partial charge in [-0.1, -0.05) is 11.6 Å². The van der Waals surface area contributed by atoms with E-state index in [2.05, 4.69) is 5.32 Å². The number of amides is 1. The van der Waals surface area contributed by atoms with Gasteiger partial charge in [-0.05, 0) is 24.3 Å². The van der Waals surface area contributed by atoms with Crippen LogP contribution in [0.25, 0.3) is 11.0 Å². The summed E-state index contributed by atoms with van der Waals surface area (Å²) < 4.78 is 9.00. The third kappa shape index (κ3) is 2.99. The van der Waals surface area contributed by atoms with Crippen molar-refractivity contribution in [3.8, 4) is 5.75 Å². The van der Waals surface area contributed by atoms with Crippen molar-refractivity contribution in [3.05, 3.63) is 56.3 Å². The van der Waals surface area contributed by atoms with Gasteiger partial charge in [0.2, 0.25) is 5.91 Å². The van der Waals surface area contributed by atoms with E-state index in [-0.39, 0.29) is 12.5 Å². The lowest BCUT2D eigenvalue weighted by atomic mass is 10.3. The van der Waals surface area contributed by atoms with E-state index in [1.54, 1.807) is 42.1 Å². The van der Waals surface area contributed by atoms with Gasteiger partial charge >= 0.3 is 5.69 Å². The monoisotopic (exact) mass is 376 g/mol. The van der Waals surface area contributed by atoms with Gasteiger partial charge in [0.05, 0.1) is 17.5 Å². The molecule has 0 bridgehead atoms. The van der Waals surface area contributed by atoms with Gasteiger partial charge in [-0.3, -0.25) is 18.7 Å². The van der Waals surface area contributed by atoms with Gasteiger partial charge in [0, 0.05) is 26.0 Å². The molecule has 1 amide bonds. The van der Waals surface area contributed by atoms with Crippen LogP contribution in [0.2, 0.25) is 5.02 Å². The second-order valence-electron chi connectivity index (χ2n) is 5.78. The molecule has 0 aliphatic rings. The molecule has 2 heterocycles. The first-order chi connectivity index (χ1) is 12.3. The van der Waals surface area contributed by atoms with E-state index in [0.29, 0.717) is 27.5 Å². The second kappa shape index (κ2) is 6.72. The summed E-state index contributed by atoms with van der Waals surface area (Å²) in [6, 6.07) is 6.49. The predicted molar refractivity (Wildman–Crippen MR) is 99.1 cm³/mol. The van der Waals surface area contributed by atoms with Crippen molar-refractivity contribution in [2.75, 3.05) is 12.4 Å². The molecule has 0 aliphatic heterocycles. The number of anilines is 1. The molecule has 1 N–H and O–H groups in total. The van der Waals surface area contributed by atoms with E-state index in [1.165, 1.54) is 18.7 Å². The zero-order chi connectivity index (χ0) is 19.0. The van der Waals surface area contributed by atoms with Gasteiger partial charge in [0.15, 0.2) is 0 Å². The summed E-state index contributed by atoms with van der Waals surface area (Å²) in [6.07, 6.45) is 1.60. The minimum absolute atomic E-state index is 0.0619. The van der Waals surface area contributed by atoms with Crippen molar-refractivity contribution < 1.29 is 9.53 Å². The molecule has 8 nitrogen and oxygen atoms in total. The van der Waals surface area contributed by atoms with Gasteiger partial charge in [-0.25, -0.2) is 4.79 Å². The summed E-state index contributed by atoms with van der Waals surface area (Å²) in [6.45, 7) is -0.0619. The van der Waals surface area contributed by atoms with Crippen LogP contribution in [-0.4, -0.2) is 26.7 Å². The molecule has 0 fully saturated rings. The first kappa shape index (κ1) is 17.8. The molecular weight excluding hydrogens is 360 g/mol. The molecule has 2 aromatic heterocycles. The van der Waals surface area contributed by atoms with Crippen molar-refractivity contribution in [1.82, 2.24) is 13.7 Å². The third-order valence-corrected chi connectivity index (χ3v) is 4.41. The Balaban J connectivity index is 1.90. The number of nitrogens with one attached hydrogen (secondary N) is 1. The molecule has 0 saturated heterocycles. The molecule has 0 radical (unpaired) electrons. The molecule has 9 heteroatoms. The number of methoxy groups -OCH3 is 1. The number of benzene rings is 1. The Labute approximate surface area is 153 Å². The van der Waals surface area contributed by atoms with E-state index in [9.17, 15) is 14.4 Å². The minimum Gasteiger partial charge on any atom is -0.495 e. The molecule has 3 rings (SSSR count). The van der Waals surface area contributed by atoms with E-state index in [1.807, 2.05) is 0 Å². The average Bonchev–Trinajstić information content (AvgIpc) is 3.01. The van der Waals surface area contributed by atoms with Crippen LogP contribution in [-0.2, 0) is 25.4 Å². The van der Waals surface area contributed by atoms with Crippen molar-refractivity contribution in [2.24, 2.45) is 14.1 Å². The van der Waals surface area contributed by atoms with Crippen molar-refractivity contribution >= 4 is 34.2 Å². The van der Waals surface area contributed by atoms with Crippen LogP contribution in [0.15, 0.2) is 40.1 Å². The fourth-order valence-electron chi connectivity index (χ4n) is 2.81. The van der Waals surface area contributed by atoms with Crippen molar-refractivity contribution in [1.29, 1.82) is 0 Å². The van der Waals surface area contributed by atoms with Crippen LogP contribution in [0.5, 0.6) is 5.75 Å². The summed E-state index contributed by atoms with van der Waals surface area (Å²) in [7, 11) is 4.48. The maximum atomic E-state index is 12.4. The van der Waals surface area contributed by atoms with E-state index in [4.69, 9.17) is 16.3 Å². The SMILES string of the molecule is COc1ccc(NC(=O)Cn2ccc3c(=O)n(C)c(=O)n(C)c32)cc1Cl. The number of carbonyl (C=O) groups excluding carboxylic acids is 1. The van der Waals surface area contributed by atoms with E-state index < -0.39 is 11.2 Å². The fourth-order valence-corrected chi connectivity index (χ4v) is 3.07. The number of rotatable bonds is 4. The highest BCUT2D eigenvalue weighted by molar-refractivity contribution is 6.32. The second-order valence-corrected chi connectivity index (χ2v) is 6.19. The smallest absolute Gasteiger partial charge is 0.332 e. The first-order valence-corrected chi connectivity index (χ1v) is 8.09. The van der Waals surface area contributed by atoms with Crippen LogP contribution < -0.4 is 21.3 Å². The maximum Gasteiger partial charge on any atom is 0.332 e. The highest BCUT2D eigenvalue weighted by Gasteiger charge is 2.14. The highest BCUT2D eigenvalue weighted by Crippen LogP contribution is 2.27. The topological polar surface area (TPSA) is 87.3 Å². The molecule has 0 spiro atoms. The van der Waals surface area contributed by atoms with Crippen LogP contribution >= 0.6 is 11.6 Å². The lowest BCUT2D eigenvalue weighted by Crippen LogP contribution is -2.37. The number of aromatic nitrogens is 3. The summed E-state index contributed by atoms with van der Waals surface area (Å²) in [5.74, 6) is 0.184. The summed E-state index contributed by atoms with van der Waals surface area (Å²) in [4.78, 5) is 36.7. The van der Waals surface area contributed by atoms with Crippen LogP contribution in [0.4, 0.5) is 5.69 Å². The largest absolute Gasteiger partial charge is 0.495 e. The Hall–Kier alpha value is -3.00. The third-order valence-electron chi connectivity index (χ3n) is 4.11. The lowest BCUT2D eigenvalue weighted by Gasteiger charge is -2.11. The van der Waals surface area contributed by atoms with Gasteiger partial charge < -0.3 is 14.6 Å². The maximum absolute atomic E-state index is 12.4. The molecule has 0 unspecified atom stereocenters. The minimum atomic E-state index is -0.454. The van der Waals surface area contributed by atoms with Crippen LogP contribution in [0.1, 0.15) is 0 Å². The normalized spacial score (nSPS) is 10.9. The number of nitrogens with zero attached hydrogens (tertiary/aromatic N) is 3.